The van der Waals surface area contributed by atoms with Gasteiger partial charge in [0.1, 0.15) is 0 Å². The lowest BCUT2D eigenvalue weighted by Crippen LogP contribution is -2.33. The maximum Gasteiger partial charge on any atom is 0.332 e. The van der Waals surface area contributed by atoms with Crippen LogP contribution in [0, 0.1) is 17.8 Å². The number of nitrogens with two attached hydrogens (primary N) is 1. The molecule has 4 nitrogen and oxygen atoms in total. The number of carbonyl (C=O) groups excluding carboxylic acids is 1. The molecule has 3 unspecified atom stereocenters. The summed E-state index contributed by atoms with van der Waals surface area (Å²) in [5.41, 5.74) is 8.35. The Kier molecular flexibility index (Phi) is 3.49. The van der Waals surface area contributed by atoms with E-state index >= 15 is 0 Å². The lowest BCUT2D eigenvalue weighted by Gasteiger charge is -2.31. The normalized spacial score (nSPS) is 35.6. The Balaban J connectivity index is 2.65. The van der Waals surface area contributed by atoms with Gasteiger partial charge in [-0.3, -0.25) is 0 Å². The molecule has 1 fully saturated rings. The van der Waals surface area contributed by atoms with Crippen molar-refractivity contribution in [2.75, 3.05) is 0 Å². The standard InChI is InChI=1S/C10H19N3O/c1-6-4-7(2)8(3)9(5-6)12-13-10(11)14/h6-8H,4-5H2,1-3H3,(H3,11,13,14)/b12-9+. The Bertz CT molecular complexity index is 250. The first kappa shape index (κ1) is 11.0. The van der Waals surface area contributed by atoms with Crippen LogP contribution in [-0.2, 0) is 0 Å². The van der Waals surface area contributed by atoms with E-state index in [1.807, 2.05) is 0 Å². The van der Waals surface area contributed by atoms with Gasteiger partial charge in [-0.2, -0.15) is 5.10 Å². The van der Waals surface area contributed by atoms with E-state index in [9.17, 15) is 4.79 Å². The smallest absolute Gasteiger partial charge is 0.332 e. The molecule has 0 aliphatic heterocycles. The SMILES string of the molecule is CC1C/C(=N\NC(N)=O)C(C)C(C)C1. The summed E-state index contributed by atoms with van der Waals surface area (Å²) in [6, 6.07) is -0.587. The van der Waals surface area contributed by atoms with Crippen LogP contribution in [0.3, 0.4) is 0 Å². The number of rotatable bonds is 1. The molecule has 14 heavy (non-hydrogen) atoms. The van der Waals surface area contributed by atoms with Crippen molar-refractivity contribution in [2.45, 2.75) is 33.6 Å². The minimum absolute atomic E-state index is 0.443. The number of nitrogens with zero attached hydrogens (tertiary/aromatic N) is 1. The minimum atomic E-state index is -0.587. The molecule has 80 valence electrons. The van der Waals surface area contributed by atoms with Crippen LogP contribution >= 0.6 is 0 Å². The summed E-state index contributed by atoms with van der Waals surface area (Å²) in [6.45, 7) is 6.58. The zero-order valence-corrected chi connectivity index (χ0v) is 9.08. The second-order valence-electron chi connectivity index (χ2n) is 4.39. The first-order chi connectivity index (χ1) is 6.50. The van der Waals surface area contributed by atoms with Crippen molar-refractivity contribution in [2.24, 2.45) is 28.6 Å². The molecule has 4 heteroatoms. The molecule has 0 aromatic carbocycles. The third-order valence-electron chi connectivity index (χ3n) is 3.02. The quantitative estimate of drug-likeness (QED) is 0.617. The molecule has 1 rings (SSSR count). The van der Waals surface area contributed by atoms with E-state index in [1.54, 1.807) is 0 Å². The molecule has 0 heterocycles. The molecule has 0 bridgehead atoms. The number of hydrazone groups is 1. The molecule has 0 radical (unpaired) electrons. The summed E-state index contributed by atoms with van der Waals surface area (Å²) in [4.78, 5) is 10.5. The first-order valence-electron chi connectivity index (χ1n) is 5.12. The second-order valence-corrected chi connectivity index (χ2v) is 4.39. The largest absolute Gasteiger partial charge is 0.350 e. The fourth-order valence-corrected chi connectivity index (χ4v) is 2.07. The van der Waals surface area contributed by atoms with Gasteiger partial charge in [0.25, 0.3) is 0 Å². The van der Waals surface area contributed by atoms with Crippen LogP contribution in [0.4, 0.5) is 4.79 Å². The number of hydrogen-bond donors (Lipinski definition) is 2. The fraction of sp³-hybridized carbons (Fsp3) is 0.800. The summed E-state index contributed by atoms with van der Waals surface area (Å²) in [5, 5.41) is 4.06. The summed E-state index contributed by atoms with van der Waals surface area (Å²) in [5.74, 6) is 1.72. The van der Waals surface area contributed by atoms with Crippen LogP contribution < -0.4 is 11.2 Å². The van der Waals surface area contributed by atoms with Crippen LogP contribution in [0.25, 0.3) is 0 Å². The van der Waals surface area contributed by atoms with Gasteiger partial charge in [0.05, 0.1) is 0 Å². The van der Waals surface area contributed by atoms with Gasteiger partial charge in [0.2, 0.25) is 0 Å². The number of primary amides is 1. The molecule has 0 spiro atoms. The third kappa shape index (κ3) is 2.72. The van der Waals surface area contributed by atoms with Gasteiger partial charge in [0, 0.05) is 5.71 Å². The van der Waals surface area contributed by atoms with E-state index in [0.29, 0.717) is 17.8 Å². The predicted molar refractivity (Wildman–Crippen MR) is 56.9 cm³/mol. The minimum Gasteiger partial charge on any atom is -0.350 e. The molecule has 1 aliphatic rings. The van der Waals surface area contributed by atoms with Crippen molar-refractivity contribution in [1.29, 1.82) is 0 Å². The van der Waals surface area contributed by atoms with Crippen molar-refractivity contribution >= 4 is 11.7 Å². The Morgan fingerprint density at radius 3 is 2.71 bits per heavy atom. The van der Waals surface area contributed by atoms with Crippen molar-refractivity contribution in [1.82, 2.24) is 5.43 Å². The average molecular weight is 197 g/mol. The molecule has 1 aliphatic carbocycles. The van der Waals surface area contributed by atoms with Crippen molar-refractivity contribution in [3.63, 3.8) is 0 Å². The van der Waals surface area contributed by atoms with Gasteiger partial charge in [0.15, 0.2) is 0 Å². The van der Waals surface area contributed by atoms with E-state index in [4.69, 9.17) is 5.73 Å². The van der Waals surface area contributed by atoms with Gasteiger partial charge in [-0.05, 0) is 30.6 Å². The maximum absolute atomic E-state index is 10.5. The average Bonchev–Trinajstić information content (AvgIpc) is 2.08. The molecule has 0 aromatic heterocycles. The van der Waals surface area contributed by atoms with Gasteiger partial charge >= 0.3 is 6.03 Å². The number of nitrogens with one attached hydrogen (secondary N) is 1. The molecule has 2 amide bonds. The maximum atomic E-state index is 10.5. The predicted octanol–water partition coefficient (Wildman–Crippen LogP) is 1.71. The molecular weight excluding hydrogens is 178 g/mol. The second kappa shape index (κ2) is 4.44. The van der Waals surface area contributed by atoms with Crippen LogP contribution in [0.1, 0.15) is 33.6 Å². The Morgan fingerprint density at radius 2 is 2.14 bits per heavy atom. The molecule has 3 atom stereocenters. The van der Waals surface area contributed by atoms with Gasteiger partial charge < -0.3 is 5.73 Å². The molecular formula is C10H19N3O. The molecule has 0 saturated heterocycles. The van der Waals surface area contributed by atoms with Crippen LogP contribution in [-0.4, -0.2) is 11.7 Å². The topological polar surface area (TPSA) is 67.5 Å². The Morgan fingerprint density at radius 1 is 1.50 bits per heavy atom. The molecule has 0 aromatic rings. The van der Waals surface area contributed by atoms with E-state index in [2.05, 4.69) is 31.3 Å². The first-order valence-corrected chi connectivity index (χ1v) is 5.12. The molecule has 1 saturated carbocycles. The highest BCUT2D eigenvalue weighted by Crippen LogP contribution is 2.31. The Labute approximate surface area is 84.9 Å². The van der Waals surface area contributed by atoms with Crippen molar-refractivity contribution in [3.8, 4) is 0 Å². The van der Waals surface area contributed by atoms with Crippen LogP contribution in [0.2, 0.25) is 0 Å². The van der Waals surface area contributed by atoms with Gasteiger partial charge in [-0.15, -0.1) is 0 Å². The Hall–Kier alpha value is -1.06. The summed E-state index contributed by atoms with van der Waals surface area (Å²) >= 11 is 0. The lowest BCUT2D eigenvalue weighted by molar-refractivity contribution is 0.249. The third-order valence-corrected chi connectivity index (χ3v) is 3.02. The van der Waals surface area contributed by atoms with Gasteiger partial charge in [-0.25, -0.2) is 10.2 Å². The van der Waals surface area contributed by atoms with Crippen molar-refractivity contribution < 1.29 is 4.79 Å². The zero-order chi connectivity index (χ0) is 10.7. The number of carbonyl (C=O) groups is 1. The highest BCUT2D eigenvalue weighted by atomic mass is 16.2. The van der Waals surface area contributed by atoms with E-state index < -0.39 is 6.03 Å². The fourth-order valence-electron chi connectivity index (χ4n) is 2.07. The van der Waals surface area contributed by atoms with E-state index in [0.717, 1.165) is 12.1 Å². The van der Waals surface area contributed by atoms with Crippen LogP contribution in [0.15, 0.2) is 5.10 Å². The highest BCUT2D eigenvalue weighted by molar-refractivity contribution is 5.88. The van der Waals surface area contributed by atoms with Gasteiger partial charge in [-0.1, -0.05) is 20.8 Å². The van der Waals surface area contributed by atoms with E-state index in [1.165, 1.54) is 6.42 Å². The number of hydrogen-bond acceptors (Lipinski definition) is 2. The lowest BCUT2D eigenvalue weighted by atomic mass is 9.75. The number of amides is 2. The summed E-state index contributed by atoms with van der Waals surface area (Å²) < 4.78 is 0. The van der Waals surface area contributed by atoms with E-state index in [-0.39, 0.29) is 0 Å². The van der Waals surface area contributed by atoms with Crippen LogP contribution in [0.5, 0.6) is 0 Å². The summed E-state index contributed by atoms with van der Waals surface area (Å²) in [6.07, 6.45) is 2.20. The van der Waals surface area contributed by atoms with Crippen molar-refractivity contribution in [3.05, 3.63) is 0 Å². The highest BCUT2D eigenvalue weighted by Gasteiger charge is 2.27. The number of urea groups is 1. The summed E-state index contributed by atoms with van der Waals surface area (Å²) in [7, 11) is 0. The molecule has 3 N–H and O–H groups in total. The monoisotopic (exact) mass is 197 g/mol. The zero-order valence-electron chi connectivity index (χ0n) is 9.08.